The second kappa shape index (κ2) is 10.3. The Hall–Kier alpha value is -2.94. The van der Waals surface area contributed by atoms with E-state index in [-0.39, 0.29) is 17.2 Å². The lowest BCUT2D eigenvalue weighted by Crippen LogP contribution is -2.34. The Labute approximate surface area is 200 Å². The first-order chi connectivity index (χ1) is 15.7. The topological polar surface area (TPSA) is 32.7 Å². The summed E-state index contributed by atoms with van der Waals surface area (Å²) < 4.78 is 0. The maximum absolute atomic E-state index is 12.0. The molecule has 1 heterocycles. The number of hydrogen-bond donors (Lipinski definition) is 0. The Balaban J connectivity index is 2.22. The summed E-state index contributed by atoms with van der Waals surface area (Å²) in [5, 5.41) is 0. The van der Waals surface area contributed by atoms with Gasteiger partial charge in [0.25, 0.3) is 0 Å². The van der Waals surface area contributed by atoms with E-state index in [9.17, 15) is 4.79 Å². The van der Waals surface area contributed by atoms with Crippen LogP contribution in [-0.4, -0.2) is 23.4 Å². The number of benzene rings is 1. The number of aliphatic imine (C=N–C) groups is 1. The summed E-state index contributed by atoms with van der Waals surface area (Å²) >= 11 is 0. The third kappa shape index (κ3) is 5.19. The van der Waals surface area contributed by atoms with Crippen LogP contribution in [0.5, 0.6) is 0 Å². The van der Waals surface area contributed by atoms with Crippen molar-refractivity contribution in [2.75, 3.05) is 7.05 Å². The third-order valence-corrected chi connectivity index (χ3v) is 7.39. The highest BCUT2D eigenvalue weighted by Gasteiger charge is 2.35. The molecule has 2 aliphatic rings. The van der Waals surface area contributed by atoms with Crippen molar-refractivity contribution >= 4 is 11.5 Å². The minimum atomic E-state index is 0.0605. The molecule has 1 aromatic carbocycles. The molecule has 0 saturated carbocycles. The molecule has 0 radical (unpaired) electrons. The molecule has 3 heteroatoms. The number of ketones is 1. The van der Waals surface area contributed by atoms with Gasteiger partial charge in [0, 0.05) is 12.7 Å². The van der Waals surface area contributed by atoms with Crippen LogP contribution in [0.1, 0.15) is 66.0 Å². The highest BCUT2D eigenvalue weighted by Crippen LogP contribution is 2.45. The van der Waals surface area contributed by atoms with Gasteiger partial charge in [-0.2, -0.15) is 0 Å². The van der Waals surface area contributed by atoms with Crippen LogP contribution in [0.2, 0.25) is 0 Å². The Morgan fingerprint density at radius 3 is 2.52 bits per heavy atom. The number of nitrogens with zero attached hydrogens (tertiary/aromatic N) is 2. The summed E-state index contributed by atoms with van der Waals surface area (Å²) in [4.78, 5) is 19.0. The van der Waals surface area contributed by atoms with Crippen LogP contribution in [0.25, 0.3) is 0 Å². The molecule has 3 atom stereocenters. The van der Waals surface area contributed by atoms with Crippen molar-refractivity contribution in [2.24, 2.45) is 16.3 Å². The molecular weight excluding hydrogens is 404 g/mol. The second-order valence-corrected chi connectivity index (χ2v) is 9.57. The van der Waals surface area contributed by atoms with Gasteiger partial charge in [-0.25, -0.2) is 0 Å². The van der Waals surface area contributed by atoms with Gasteiger partial charge in [0.1, 0.15) is 0 Å². The fourth-order valence-corrected chi connectivity index (χ4v) is 4.58. The van der Waals surface area contributed by atoms with Crippen LogP contribution >= 0.6 is 0 Å². The van der Waals surface area contributed by atoms with Gasteiger partial charge in [0.15, 0.2) is 5.78 Å². The predicted octanol–water partition coefficient (Wildman–Crippen LogP) is 7.38. The van der Waals surface area contributed by atoms with Crippen LogP contribution in [0.3, 0.4) is 0 Å². The summed E-state index contributed by atoms with van der Waals surface area (Å²) in [5.74, 6) is 0.626. The van der Waals surface area contributed by atoms with Crippen molar-refractivity contribution in [2.45, 2.75) is 60.4 Å². The van der Waals surface area contributed by atoms with E-state index in [1.165, 1.54) is 16.8 Å². The van der Waals surface area contributed by atoms with Crippen molar-refractivity contribution in [3.05, 3.63) is 94.9 Å². The van der Waals surface area contributed by atoms with E-state index in [2.05, 4.69) is 98.3 Å². The maximum atomic E-state index is 12.0. The molecule has 0 bridgehead atoms. The number of fused-ring (bicyclic) bond motifs is 1. The van der Waals surface area contributed by atoms with Gasteiger partial charge < -0.3 is 4.90 Å². The Morgan fingerprint density at radius 2 is 1.91 bits per heavy atom. The van der Waals surface area contributed by atoms with E-state index in [1.807, 2.05) is 13.0 Å². The minimum Gasteiger partial charge on any atom is -0.332 e. The summed E-state index contributed by atoms with van der Waals surface area (Å²) in [6.45, 7) is 12.7. The van der Waals surface area contributed by atoms with Gasteiger partial charge in [0.2, 0.25) is 0 Å². The van der Waals surface area contributed by atoms with Gasteiger partial charge >= 0.3 is 0 Å². The normalized spacial score (nSPS) is 23.1. The Morgan fingerprint density at radius 1 is 1.21 bits per heavy atom. The summed E-state index contributed by atoms with van der Waals surface area (Å²) in [6, 6.07) is 10.7. The first-order valence-corrected chi connectivity index (χ1v) is 12.0. The zero-order valence-corrected chi connectivity index (χ0v) is 21.2. The summed E-state index contributed by atoms with van der Waals surface area (Å²) in [6.07, 6.45) is 15.4. The monoisotopic (exact) mass is 442 g/mol. The van der Waals surface area contributed by atoms with Crippen molar-refractivity contribution in [1.29, 1.82) is 0 Å². The first kappa shape index (κ1) is 24.7. The molecule has 3 unspecified atom stereocenters. The van der Waals surface area contributed by atoms with E-state index in [0.29, 0.717) is 11.5 Å². The quantitative estimate of drug-likeness (QED) is 0.326. The fraction of sp³-hybridized carbons (Fsp3) is 0.400. The van der Waals surface area contributed by atoms with Crippen molar-refractivity contribution in [1.82, 2.24) is 4.90 Å². The number of hydrogen-bond acceptors (Lipinski definition) is 3. The van der Waals surface area contributed by atoms with Crippen molar-refractivity contribution in [3.8, 4) is 0 Å². The highest BCUT2D eigenvalue weighted by molar-refractivity contribution is 6.12. The van der Waals surface area contributed by atoms with Crippen LogP contribution < -0.4 is 0 Å². The van der Waals surface area contributed by atoms with Gasteiger partial charge in [-0.15, -0.1) is 0 Å². The lowest BCUT2D eigenvalue weighted by Gasteiger charge is -2.41. The standard InChI is InChI=1S/C30H38N2O/c1-8-22(3)30(6)18-17-26-15-12-16-28(27(31-7)19-21(2)24(5)33)32(29(26)20-30)23(4)25-13-10-9-11-14-25/h9-17,19-20,22-23H,8,18H2,1-7H3/b21-19-,31-27?. The average molecular weight is 443 g/mol. The van der Waals surface area contributed by atoms with Crippen molar-refractivity contribution in [3.63, 3.8) is 0 Å². The molecule has 1 aliphatic carbocycles. The second-order valence-electron chi connectivity index (χ2n) is 9.57. The van der Waals surface area contributed by atoms with Crippen LogP contribution in [0, 0.1) is 11.3 Å². The number of rotatable bonds is 7. The smallest absolute Gasteiger partial charge is 0.155 e. The zero-order valence-electron chi connectivity index (χ0n) is 21.2. The predicted molar refractivity (Wildman–Crippen MR) is 140 cm³/mol. The van der Waals surface area contributed by atoms with Crippen molar-refractivity contribution < 1.29 is 4.79 Å². The number of allylic oxidation sites excluding steroid dienone is 7. The van der Waals surface area contributed by atoms with E-state index >= 15 is 0 Å². The van der Waals surface area contributed by atoms with Crippen LogP contribution in [0.4, 0.5) is 0 Å². The van der Waals surface area contributed by atoms with Crippen LogP contribution in [0.15, 0.2) is 94.3 Å². The van der Waals surface area contributed by atoms with Crippen LogP contribution in [-0.2, 0) is 4.79 Å². The van der Waals surface area contributed by atoms with E-state index in [4.69, 9.17) is 0 Å². The molecule has 0 N–H and O–H groups in total. The van der Waals surface area contributed by atoms with Gasteiger partial charge in [-0.05, 0) is 67.4 Å². The SMILES string of the molecule is CCC(C)C1(C)C=C2C(=CC1)C=CC=C(C(/C=C(/C)C(C)=O)=NC)N2C(C)c1ccccc1. The Kier molecular flexibility index (Phi) is 7.73. The minimum absolute atomic E-state index is 0.0605. The summed E-state index contributed by atoms with van der Waals surface area (Å²) in [7, 11) is 1.80. The van der Waals surface area contributed by atoms with Gasteiger partial charge in [-0.3, -0.25) is 9.79 Å². The number of carbonyl (C=O) groups is 1. The molecule has 174 valence electrons. The third-order valence-electron chi connectivity index (χ3n) is 7.39. The fourth-order valence-electron chi connectivity index (χ4n) is 4.58. The lowest BCUT2D eigenvalue weighted by molar-refractivity contribution is -0.113. The molecule has 0 fully saturated rings. The molecule has 0 amide bonds. The molecule has 0 spiro atoms. The average Bonchev–Trinajstić information content (AvgIpc) is 3.00. The molecule has 0 aromatic heterocycles. The van der Waals surface area contributed by atoms with E-state index < -0.39 is 0 Å². The Bertz CT molecular complexity index is 1070. The maximum Gasteiger partial charge on any atom is 0.155 e. The number of Topliss-reactive ketones (excluding diaryl/α,β-unsaturated/α-hetero) is 1. The molecule has 33 heavy (non-hydrogen) atoms. The molecule has 3 rings (SSSR count). The highest BCUT2D eigenvalue weighted by atomic mass is 16.1. The first-order valence-electron chi connectivity index (χ1n) is 12.0. The molecular formula is C30H38N2O. The lowest BCUT2D eigenvalue weighted by atomic mass is 9.70. The largest absolute Gasteiger partial charge is 0.332 e. The molecule has 3 nitrogen and oxygen atoms in total. The van der Waals surface area contributed by atoms with Gasteiger partial charge in [-0.1, -0.05) is 81.8 Å². The van der Waals surface area contributed by atoms with Gasteiger partial charge in [0.05, 0.1) is 17.5 Å². The van der Waals surface area contributed by atoms with E-state index in [1.54, 1.807) is 14.0 Å². The van der Waals surface area contributed by atoms with E-state index in [0.717, 1.165) is 24.3 Å². The summed E-state index contributed by atoms with van der Waals surface area (Å²) in [5.41, 5.74) is 6.31. The molecule has 0 saturated heterocycles. The zero-order chi connectivity index (χ0) is 24.2. The molecule has 1 aromatic rings. The number of carbonyl (C=O) groups excluding carboxylic acids is 1. The molecule has 1 aliphatic heterocycles.